The summed E-state index contributed by atoms with van der Waals surface area (Å²) in [6.07, 6.45) is 0. The fourth-order valence-electron chi connectivity index (χ4n) is 2.71. The molecule has 2 aromatic carbocycles. The number of anilines is 2. The quantitative estimate of drug-likeness (QED) is 0.611. The second-order valence-electron chi connectivity index (χ2n) is 6.48. The van der Waals surface area contributed by atoms with E-state index in [0.29, 0.717) is 22.0 Å². The van der Waals surface area contributed by atoms with Crippen LogP contribution in [0.5, 0.6) is 0 Å². The molecular weight excluding hydrogens is 412 g/mol. The number of aromatic nitrogens is 2. The minimum Gasteiger partial charge on any atom is -0.322 e. The van der Waals surface area contributed by atoms with Gasteiger partial charge in [0.25, 0.3) is 5.91 Å². The number of aryl methyl sites for hydroxylation is 1. The summed E-state index contributed by atoms with van der Waals surface area (Å²) in [5, 5.41) is 7.81. The molecule has 7 nitrogen and oxygen atoms in total. The minimum atomic E-state index is -3.34. The van der Waals surface area contributed by atoms with Gasteiger partial charge in [-0.05, 0) is 69.3 Å². The molecule has 2 N–H and O–H groups in total. The van der Waals surface area contributed by atoms with Gasteiger partial charge in [0.05, 0.1) is 27.9 Å². The van der Waals surface area contributed by atoms with Gasteiger partial charge >= 0.3 is 0 Å². The van der Waals surface area contributed by atoms with Crippen LogP contribution in [0.2, 0.25) is 5.02 Å². The maximum atomic E-state index is 12.5. The molecule has 0 fully saturated rings. The van der Waals surface area contributed by atoms with Crippen molar-refractivity contribution in [2.24, 2.45) is 0 Å². The van der Waals surface area contributed by atoms with Gasteiger partial charge in [0, 0.05) is 16.9 Å². The van der Waals surface area contributed by atoms with Crippen LogP contribution in [-0.4, -0.2) is 29.9 Å². The van der Waals surface area contributed by atoms with Crippen LogP contribution in [0.25, 0.3) is 5.69 Å². The fourth-order valence-corrected chi connectivity index (χ4v) is 3.46. The van der Waals surface area contributed by atoms with Crippen LogP contribution in [0.4, 0.5) is 11.4 Å². The lowest BCUT2D eigenvalue weighted by molar-refractivity contribution is 0.102. The second kappa shape index (κ2) is 8.26. The van der Waals surface area contributed by atoms with Crippen molar-refractivity contribution in [3.05, 3.63) is 70.5 Å². The molecule has 0 aliphatic carbocycles. The van der Waals surface area contributed by atoms with Crippen LogP contribution in [-0.2, 0) is 10.0 Å². The van der Waals surface area contributed by atoms with E-state index in [0.717, 1.165) is 17.1 Å². The van der Waals surface area contributed by atoms with Gasteiger partial charge in [-0.1, -0.05) is 11.6 Å². The summed E-state index contributed by atoms with van der Waals surface area (Å²) in [7, 11) is -3.34. The van der Waals surface area contributed by atoms with E-state index in [1.807, 2.05) is 13.8 Å². The largest absolute Gasteiger partial charge is 0.322 e. The summed E-state index contributed by atoms with van der Waals surface area (Å²) in [4.78, 5) is 12.5. The van der Waals surface area contributed by atoms with Crippen LogP contribution in [0, 0.1) is 13.8 Å². The molecule has 0 aliphatic heterocycles. The number of sulfonamides is 1. The Balaban J connectivity index is 1.70. The molecule has 29 heavy (non-hydrogen) atoms. The van der Waals surface area contributed by atoms with Crippen molar-refractivity contribution in [2.45, 2.75) is 20.8 Å². The van der Waals surface area contributed by atoms with Crippen LogP contribution in [0.15, 0.2) is 48.5 Å². The van der Waals surface area contributed by atoms with E-state index in [2.05, 4.69) is 15.1 Å². The van der Waals surface area contributed by atoms with Gasteiger partial charge in [-0.2, -0.15) is 5.10 Å². The molecule has 0 saturated carbocycles. The first kappa shape index (κ1) is 20.9. The molecule has 0 radical (unpaired) electrons. The number of halogens is 1. The van der Waals surface area contributed by atoms with Gasteiger partial charge in [0.1, 0.15) is 0 Å². The Morgan fingerprint density at radius 1 is 1.03 bits per heavy atom. The summed E-state index contributed by atoms with van der Waals surface area (Å²) in [5.41, 5.74) is 3.87. The maximum Gasteiger partial charge on any atom is 0.255 e. The Labute approximate surface area is 174 Å². The normalized spacial score (nSPS) is 11.3. The van der Waals surface area contributed by atoms with Crippen molar-refractivity contribution in [3.63, 3.8) is 0 Å². The molecule has 1 amide bonds. The summed E-state index contributed by atoms with van der Waals surface area (Å²) in [6, 6.07) is 13.5. The van der Waals surface area contributed by atoms with Crippen LogP contribution in [0.3, 0.4) is 0 Å². The fraction of sp³-hybridized carbons (Fsp3) is 0.200. The highest BCUT2D eigenvalue weighted by molar-refractivity contribution is 7.92. The van der Waals surface area contributed by atoms with Crippen molar-refractivity contribution in [1.82, 2.24) is 9.78 Å². The molecule has 0 unspecified atom stereocenters. The number of benzene rings is 2. The SMILES string of the molecule is CCS(=O)(=O)Nc1ccc(NC(=O)c2ccc(-n3nc(C)c(Cl)c3C)cc2)cc1. The Morgan fingerprint density at radius 2 is 1.62 bits per heavy atom. The van der Waals surface area contributed by atoms with E-state index in [1.54, 1.807) is 60.1 Å². The molecule has 3 rings (SSSR count). The molecule has 152 valence electrons. The van der Waals surface area contributed by atoms with E-state index in [-0.39, 0.29) is 11.7 Å². The first-order valence-corrected chi connectivity index (χ1v) is 11.0. The third-order valence-corrected chi connectivity index (χ3v) is 6.23. The maximum absolute atomic E-state index is 12.5. The zero-order valence-electron chi connectivity index (χ0n) is 16.2. The van der Waals surface area contributed by atoms with E-state index in [9.17, 15) is 13.2 Å². The molecule has 1 heterocycles. The van der Waals surface area contributed by atoms with Crippen LogP contribution in [0.1, 0.15) is 28.7 Å². The Bertz CT molecular complexity index is 1140. The minimum absolute atomic E-state index is 0.00862. The average molecular weight is 433 g/mol. The molecule has 9 heteroatoms. The summed E-state index contributed by atoms with van der Waals surface area (Å²) < 4.78 is 27.4. The third kappa shape index (κ3) is 4.78. The molecule has 3 aromatic rings. The topological polar surface area (TPSA) is 93.1 Å². The standard InChI is InChI=1S/C20H21ClN4O3S/c1-4-29(27,28)24-17-9-7-16(8-10-17)22-20(26)15-5-11-18(12-6-15)25-14(3)19(21)13(2)23-25/h5-12,24H,4H2,1-3H3,(H,22,26). The highest BCUT2D eigenvalue weighted by Gasteiger charge is 2.12. The number of carbonyl (C=O) groups excluding carboxylic acids is 1. The van der Waals surface area contributed by atoms with Gasteiger partial charge in [0.15, 0.2) is 0 Å². The number of hydrogen-bond donors (Lipinski definition) is 2. The molecule has 1 aromatic heterocycles. The van der Waals surface area contributed by atoms with Crippen molar-refractivity contribution in [3.8, 4) is 5.69 Å². The number of amides is 1. The summed E-state index contributed by atoms with van der Waals surface area (Å²) in [5.74, 6) is -0.282. The molecule has 0 bridgehead atoms. The lowest BCUT2D eigenvalue weighted by Crippen LogP contribution is -2.15. The van der Waals surface area contributed by atoms with Crippen molar-refractivity contribution >= 4 is 38.9 Å². The number of rotatable bonds is 6. The van der Waals surface area contributed by atoms with E-state index in [1.165, 1.54) is 0 Å². The highest BCUT2D eigenvalue weighted by Crippen LogP contribution is 2.23. The van der Waals surface area contributed by atoms with E-state index >= 15 is 0 Å². The predicted molar refractivity (Wildman–Crippen MR) is 116 cm³/mol. The molecule has 0 atom stereocenters. The molecule has 0 aliphatic rings. The average Bonchev–Trinajstić information content (AvgIpc) is 2.97. The van der Waals surface area contributed by atoms with E-state index < -0.39 is 10.0 Å². The van der Waals surface area contributed by atoms with Gasteiger partial charge in [-0.15, -0.1) is 0 Å². The first-order valence-electron chi connectivity index (χ1n) is 8.94. The Morgan fingerprint density at radius 3 is 2.14 bits per heavy atom. The zero-order valence-corrected chi connectivity index (χ0v) is 17.8. The first-order chi connectivity index (χ1) is 13.7. The zero-order chi connectivity index (χ0) is 21.2. The lowest BCUT2D eigenvalue weighted by atomic mass is 10.2. The number of nitrogens with one attached hydrogen (secondary N) is 2. The summed E-state index contributed by atoms with van der Waals surface area (Å²) >= 11 is 6.19. The monoisotopic (exact) mass is 432 g/mol. The lowest BCUT2D eigenvalue weighted by Gasteiger charge is -2.09. The number of nitrogens with zero attached hydrogens (tertiary/aromatic N) is 2. The van der Waals surface area contributed by atoms with Gasteiger partial charge in [-0.25, -0.2) is 13.1 Å². The summed E-state index contributed by atoms with van der Waals surface area (Å²) in [6.45, 7) is 5.28. The number of hydrogen-bond acceptors (Lipinski definition) is 4. The molecule has 0 saturated heterocycles. The van der Waals surface area contributed by atoms with Crippen molar-refractivity contribution in [2.75, 3.05) is 15.8 Å². The van der Waals surface area contributed by atoms with Gasteiger partial charge in [-0.3, -0.25) is 9.52 Å². The van der Waals surface area contributed by atoms with Crippen molar-refractivity contribution in [1.29, 1.82) is 0 Å². The van der Waals surface area contributed by atoms with E-state index in [4.69, 9.17) is 11.6 Å². The van der Waals surface area contributed by atoms with Gasteiger partial charge in [0.2, 0.25) is 10.0 Å². The van der Waals surface area contributed by atoms with Crippen LogP contribution >= 0.6 is 11.6 Å². The third-order valence-electron chi connectivity index (χ3n) is 4.37. The number of carbonyl (C=O) groups is 1. The van der Waals surface area contributed by atoms with Crippen molar-refractivity contribution < 1.29 is 13.2 Å². The van der Waals surface area contributed by atoms with Crippen LogP contribution < -0.4 is 10.0 Å². The Kier molecular flexibility index (Phi) is 5.95. The molecular formula is C20H21ClN4O3S. The smallest absolute Gasteiger partial charge is 0.255 e. The predicted octanol–water partition coefficient (Wildman–Crippen LogP) is 4.16. The molecule has 0 spiro atoms. The Hall–Kier alpha value is -2.84. The second-order valence-corrected chi connectivity index (χ2v) is 8.87. The highest BCUT2D eigenvalue weighted by atomic mass is 35.5. The van der Waals surface area contributed by atoms with Gasteiger partial charge < -0.3 is 5.32 Å².